The first-order chi connectivity index (χ1) is 16.5. The van der Waals surface area contributed by atoms with Crippen LogP contribution in [0.15, 0.2) is 60.9 Å². The average molecular weight is 455 g/mol. The molecule has 1 aliphatic rings. The third-order valence-corrected chi connectivity index (χ3v) is 6.51. The summed E-state index contributed by atoms with van der Waals surface area (Å²) in [5.41, 5.74) is 6.56. The fourth-order valence-electron chi connectivity index (χ4n) is 4.72. The van der Waals surface area contributed by atoms with Crippen molar-refractivity contribution in [2.45, 2.75) is 39.3 Å². The minimum atomic E-state index is -1.08. The molecule has 0 bridgehead atoms. The van der Waals surface area contributed by atoms with Crippen LogP contribution in [0.5, 0.6) is 0 Å². The smallest absolute Gasteiger partial charge is 0.354 e. The van der Waals surface area contributed by atoms with Crippen LogP contribution in [0, 0.1) is 0 Å². The van der Waals surface area contributed by atoms with E-state index in [1.807, 2.05) is 17.2 Å². The molecule has 34 heavy (non-hydrogen) atoms. The van der Waals surface area contributed by atoms with E-state index in [1.165, 1.54) is 29.0 Å². The van der Waals surface area contributed by atoms with E-state index in [-0.39, 0.29) is 18.0 Å². The summed E-state index contributed by atoms with van der Waals surface area (Å²) in [6, 6.07) is 15.8. The van der Waals surface area contributed by atoms with Gasteiger partial charge in [-0.1, -0.05) is 37.3 Å². The van der Waals surface area contributed by atoms with Crippen LogP contribution in [0.25, 0.3) is 11.0 Å². The Bertz CT molecular complexity index is 1370. The molecule has 7 nitrogen and oxygen atoms in total. The van der Waals surface area contributed by atoms with E-state index < -0.39 is 5.97 Å². The van der Waals surface area contributed by atoms with Gasteiger partial charge >= 0.3 is 5.97 Å². The summed E-state index contributed by atoms with van der Waals surface area (Å²) in [4.78, 5) is 34.6. The lowest BCUT2D eigenvalue weighted by Crippen LogP contribution is -2.37. The lowest BCUT2D eigenvalue weighted by molar-refractivity contribution is -0.131. The van der Waals surface area contributed by atoms with Gasteiger partial charge in [0.2, 0.25) is 5.91 Å². The van der Waals surface area contributed by atoms with Crippen molar-refractivity contribution in [3.8, 4) is 0 Å². The van der Waals surface area contributed by atoms with Crippen LogP contribution in [0.2, 0.25) is 0 Å². The molecule has 172 valence electrons. The quantitative estimate of drug-likeness (QED) is 0.478. The third-order valence-electron chi connectivity index (χ3n) is 6.51. The lowest BCUT2D eigenvalue weighted by Gasteiger charge is -2.29. The normalized spacial score (nSPS) is 13.1. The highest BCUT2D eigenvalue weighted by atomic mass is 16.4. The number of carbonyl (C=O) groups is 2. The highest BCUT2D eigenvalue weighted by Crippen LogP contribution is 2.31. The number of carboxylic acid groups (broad SMARTS) is 1. The Morgan fingerprint density at radius 1 is 1.03 bits per heavy atom. The number of pyridine rings is 2. The number of hydrogen-bond acceptors (Lipinski definition) is 4. The first-order valence-corrected chi connectivity index (χ1v) is 11.5. The van der Waals surface area contributed by atoms with Crippen LogP contribution in [-0.2, 0) is 37.1 Å². The number of aromatic carboxylic acids is 1. The van der Waals surface area contributed by atoms with E-state index in [1.54, 1.807) is 6.07 Å². The Morgan fingerprint density at radius 2 is 1.88 bits per heavy atom. The molecule has 0 saturated heterocycles. The van der Waals surface area contributed by atoms with Crippen LogP contribution in [0.3, 0.4) is 0 Å². The van der Waals surface area contributed by atoms with Crippen LogP contribution >= 0.6 is 0 Å². The Hall–Kier alpha value is -4.00. The van der Waals surface area contributed by atoms with Gasteiger partial charge in [0.25, 0.3) is 0 Å². The van der Waals surface area contributed by atoms with Crippen molar-refractivity contribution in [3.05, 3.63) is 94.6 Å². The molecule has 0 spiro atoms. The number of carboxylic acids is 1. The highest BCUT2D eigenvalue weighted by Gasteiger charge is 2.27. The summed E-state index contributed by atoms with van der Waals surface area (Å²) in [7, 11) is 0. The summed E-state index contributed by atoms with van der Waals surface area (Å²) in [5.74, 6) is -1.07. The molecule has 3 aromatic heterocycles. The van der Waals surface area contributed by atoms with Gasteiger partial charge in [-0.25, -0.2) is 14.8 Å². The number of amides is 1. The molecular formula is C27H26N4O3. The standard InChI is InChI=1S/C27H26N4O3/c1-2-18-5-3-6-20(13-18)16-31-24-17-30(12-10-21(24)22-7-4-11-28-26(22)31)25(32)14-19-8-9-23(27(33)34)29-15-19/h3-9,11,13,15H,2,10,12,14,16-17H2,1H3,(H,33,34). The largest absolute Gasteiger partial charge is 0.477 e. The molecular weight excluding hydrogens is 428 g/mol. The maximum Gasteiger partial charge on any atom is 0.354 e. The van der Waals surface area contributed by atoms with Crippen molar-refractivity contribution in [1.29, 1.82) is 0 Å². The van der Waals surface area contributed by atoms with E-state index >= 15 is 0 Å². The van der Waals surface area contributed by atoms with Gasteiger partial charge in [-0.3, -0.25) is 4.79 Å². The van der Waals surface area contributed by atoms with E-state index in [0.29, 0.717) is 25.2 Å². The SMILES string of the molecule is CCc1cccc(Cn2c3c(c4cccnc42)CCN(C(=O)Cc2ccc(C(=O)O)nc2)C3)c1. The van der Waals surface area contributed by atoms with Gasteiger partial charge in [-0.15, -0.1) is 0 Å². The van der Waals surface area contributed by atoms with E-state index in [4.69, 9.17) is 5.11 Å². The summed E-state index contributed by atoms with van der Waals surface area (Å²) >= 11 is 0. The van der Waals surface area contributed by atoms with Gasteiger partial charge in [0.1, 0.15) is 11.3 Å². The monoisotopic (exact) mass is 454 g/mol. The zero-order valence-electron chi connectivity index (χ0n) is 19.1. The molecule has 0 radical (unpaired) electrons. The Labute approximate surface area is 197 Å². The number of aromatic nitrogens is 3. The van der Waals surface area contributed by atoms with Gasteiger partial charge in [-0.05, 0) is 53.3 Å². The second-order valence-electron chi connectivity index (χ2n) is 8.66. The number of fused-ring (bicyclic) bond motifs is 3. The van der Waals surface area contributed by atoms with Crippen molar-refractivity contribution in [1.82, 2.24) is 19.4 Å². The summed E-state index contributed by atoms with van der Waals surface area (Å²) < 4.78 is 2.25. The van der Waals surface area contributed by atoms with Gasteiger partial charge < -0.3 is 14.6 Å². The zero-order valence-corrected chi connectivity index (χ0v) is 19.1. The van der Waals surface area contributed by atoms with Gasteiger partial charge in [-0.2, -0.15) is 0 Å². The molecule has 5 rings (SSSR count). The topological polar surface area (TPSA) is 88.3 Å². The van der Waals surface area contributed by atoms with Crippen molar-refractivity contribution < 1.29 is 14.7 Å². The number of nitrogens with zero attached hydrogens (tertiary/aromatic N) is 4. The van der Waals surface area contributed by atoms with Gasteiger partial charge in [0.05, 0.1) is 13.0 Å². The number of carbonyl (C=O) groups excluding carboxylic acids is 1. The molecule has 4 aromatic rings. The Morgan fingerprint density at radius 3 is 2.65 bits per heavy atom. The van der Waals surface area contributed by atoms with E-state index in [9.17, 15) is 9.59 Å². The first kappa shape index (κ1) is 21.8. The summed E-state index contributed by atoms with van der Waals surface area (Å²) in [6.45, 7) is 4.03. The molecule has 0 atom stereocenters. The fourth-order valence-corrected chi connectivity index (χ4v) is 4.72. The van der Waals surface area contributed by atoms with Crippen molar-refractivity contribution in [2.24, 2.45) is 0 Å². The number of hydrogen-bond donors (Lipinski definition) is 1. The second kappa shape index (κ2) is 9.09. The van der Waals surface area contributed by atoms with Gasteiger partial charge in [0, 0.05) is 36.6 Å². The van der Waals surface area contributed by atoms with E-state index in [0.717, 1.165) is 29.6 Å². The lowest BCUT2D eigenvalue weighted by atomic mass is 10.0. The molecule has 4 heterocycles. The summed E-state index contributed by atoms with van der Waals surface area (Å²) in [6.07, 6.45) is 5.25. The van der Waals surface area contributed by atoms with Crippen molar-refractivity contribution in [2.75, 3.05) is 6.54 Å². The fraction of sp³-hybridized carbons (Fsp3) is 0.259. The average Bonchev–Trinajstić information content (AvgIpc) is 3.17. The van der Waals surface area contributed by atoms with Crippen LogP contribution in [-0.4, -0.2) is 43.0 Å². The van der Waals surface area contributed by atoms with E-state index in [2.05, 4.69) is 51.8 Å². The van der Waals surface area contributed by atoms with Crippen molar-refractivity contribution in [3.63, 3.8) is 0 Å². The predicted molar refractivity (Wildman–Crippen MR) is 129 cm³/mol. The molecule has 0 fully saturated rings. The highest BCUT2D eigenvalue weighted by molar-refractivity contribution is 5.86. The molecule has 1 amide bonds. The number of rotatable bonds is 6. The molecule has 7 heteroatoms. The first-order valence-electron chi connectivity index (χ1n) is 11.5. The minimum absolute atomic E-state index is 0.00766. The molecule has 1 N–H and O–H groups in total. The van der Waals surface area contributed by atoms with Crippen LogP contribution in [0.4, 0.5) is 0 Å². The summed E-state index contributed by atoms with van der Waals surface area (Å²) in [5, 5.41) is 10.2. The van der Waals surface area contributed by atoms with Crippen LogP contribution in [0.1, 0.15) is 45.4 Å². The third kappa shape index (κ3) is 4.17. The number of benzene rings is 1. The molecule has 0 unspecified atom stereocenters. The molecule has 0 saturated carbocycles. The predicted octanol–water partition coefficient (Wildman–Crippen LogP) is 3.87. The molecule has 1 aromatic carbocycles. The molecule has 1 aliphatic heterocycles. The Balaban J connectivity index is 1.42. The maximum atomic E-state index is 13.1. The maximum absolute atomic E-state index is 13.1. The molecule has 0 aliphatic carbocycles. The Kier molecular flexibility index (Phi) is 5.84. The zero-order chi connectivity index (χ0) is 23.7. The van der Waals surface area contributed by atoms with Crippen molar-refractivity contribution >= 4 is 22.9 Å². The van der Waals surface area contributed by atoms with Crippen LogP contribution < -0.4 is 0 Å². The number of aryl methyl sites for hydroxylation is 1. The second-order valence-corrected chi connectivity index (χ2v) is 8.66. The van der Waals surface area contributed by atoms with Gasteiger partial charge in [0.15, 0.2) is 0 Å². The minimum Gasteiger partial charge on any atom is -0.477 e.